The predicted octanol–water partition coefficient (Wildman–Crippen LogP) is 1.38. The van der Waals surface area contributed by atoms with Gasteiger partial charge in [0, 0.05) is 42.7 Å². The fourth-order valence-electron chi connectivity index (χ4n) is 3.83. The van der Waals surface area contributed by atoms with Crippen LogP contribution < -0.4 is 0 Å². The van der Waals surface area contributed by atoms with Gasteiger partial charge in [0.25, 0.3) is 0 Å². The summed E-state index contributed by atoms with van der Waals surface area (Å²) in [6.45, 7) is 1.42. The zero-order valence-corrected chi connectivity index (χ0v) is 15.1. The molecule has 158 valence electrons. The molecular weight excluding hydrogens is 397 g/mol. The number of rotatable bonds is 3. The lowest BCUT2D eigenvalue weighted by molar-refractivity contribution is -0.192. The van der Waals surface area contributed by atoms with Crippen LogP contribution in [-0.4, -0.2) is 70.4 Å². The number of aromatic nitrogens is 1. The average Bonchev–Trinajstić information content (AvgIpc) is 3.21. The van der Waals surface area contributed by atoms with Crippen LogP contribution in [0, 0.1) is 17.3 Å². The number of ether oxygens (including phenoxy) is 1. The highest BCUT2D eigenvalue weighted by atomic mass is 19.4. The Morgan fingerprint density at radius 2 is 1.93 bits per heavy atom. The summed E-state index contributed by atoms with van der Waals surface area (Å²) in [6.07, 6.45) is -2.53. The first-order chi connectivity index (χ1) is 13.6. The maximum absolute atomic E-state index is 12.7. The minimum atomic E-state index is -5.08. The van der Waals surface area contributed by atoms with Gasteiger partial charge in [0.2, 0.25) is 5.91 Å². The highest BCUT2D eigenvalue weighted by Gasteiger charge is 2.59. The number of alkyl halides is 3. The molecule has 1 aromatic rings. The molecule has 0 spiro atoms. The molecule has 1 saturated carbocycles. The van der Waals surface area contributed by atoms with Crippen molar-refractivity contribution in [2.45, 2.75) is 18.5 Å². The second kappa shape index (κ2) is 7.62. The molecule has 4 atom stereocenters. The Morgan fingerprint density at radius 1 is 1.24 bits per heavy atom. The minimum Gasteiger partial charge on any atom is -0.481 e. The molecule has 2 aliphatic heterocycles. The molecule has 0 aromatic carbocycles. The summed E-state index contributed by atoms with van der Waals surface area (Å²) < 4.78 is 37.1. The third-order valence-electron chi connectivity index (χ3n) is 5.53. The molecule has 2 N–H and O–H groups in total. The van der Waals surface area contributed by atoms with Crippen molar-refractivity contribution in [2.24, 2.45) is 17.3 Å². The normalized spacial score (nSPS) is 30.2. The van der Waals surface area contributed by atoms with Crippen molar-refractivity contribution in [2.75, 3.05) is 26.3 Å². The van der Waals surface area contributed by atoms with Crippen molar-refractivity contribution >= 4 is 17.8 Å². The van der Waals surface area contributed by atoms with Gasteiger partial charge in [0.05, 0.1) is 13.2 Å². The lowest BCUT2D eigenvalue weighted by Crippen LogP contribution is -2.40. The molecule has 1 amide bonds. The zero-order chi connectivity index (χ0) is 21.4. The summed E-state index contributed by atoms with van der Waals surface area (Å²) in [5.41, 5.74) is 0.0573. The predicted molar refractivity (Wildman–Crippen MR) is 89.7 cm³/mol. The summed E-state index contributed by atoms with van der Waals surface area (Å²) in [4.78, 5) is 39.2. The minimum absolute atomic E-state index is 0.0412. The topological polar surface area (TPSA) is 117 Å². The van der Waals surface area contributed by atoms with E-state index < -0.39 is 23.5 Å². The molecule has 1 aliphatic carbocycles. The van der Waals surface area contributed by atoms with Crippen molar-refractivity contribution in [3.63, 3.8) is 0 Å². The molecule has 2 saturated heterocycles. The maximum atomic E-state index is 12.7. The van der Waals surface area contributed by atoms with E-state index in [2.05, 4.69) is 4.98 Å². The Balaban J connectivity index is 0.000000298. The number of fused-ring (bicyclic) bond motifs is 1. The second-order valence-corrected chi connectivity index (χ2v) is 7.40. The average molecular weight is 416 g/mol. The Labute approximate surface area is 163 Å². The Hall–Kier alpha value is -2.69. The van der Waals surface area contributed by atoms with E-state index in [0.29, 0.717) is 13.2 Å². The lowest BCUT2D eigenvalue weighted by Gasteiger charge is -2.22. The van der Waals surface area contributed by atoms with Crippen LogP contribution in [0.5, 0.6) is 0 Å². The number of aliphatic carboxylic acids is 2. The van der Waals surface area contributed by atoms with Crippen LogP contribution in [0.2, 0.25) is 0 Å². The van der Waals surface area contributed by atoms with Crippen molar-refractivity contribution in [3.8, 4) is 0 Å². The van der Waals surface area contributed by atoms with Crippen molar-refractivity contribution in [3.05, 3.63) is 30.1 Å². The van der Waals surface area contributed by atoms with Crippen LogP contribution in [0.15, 0.2) is 24.4 Å². The molecule has 8 nitrogen and oxygen atoms in total. The number of carboxylic acid groups (broad SMARTS) is 2. The van der Waals surface area contributed by atoms with E-state index in [1.165, 1.54) is 0 Å². The van der Waals surface area contributed by atoms with Crippen LogP contribution in [0.4, 0.5) is 13.2 Å². The lowest BCUT2D eigenvalue weighted by atomic mass is 9.81. The van der Waals surface area contributed by atoms with Gasteiger partial charge in [-0.25, -0.2) is 4.79 Å². The Kier molecular flexibility index (Phi) is 5.52. The van der Waals surface area contributed by atoms with Gasteiger partial charge in [-0.05, 0) is 18.6 Å². The van der Waals surface area contributed by atoms with Gasteiger partial charge in [-0.1, -0.05) is 6.07 Å². The SMILES string of the molecule is O=C(O)C(F)(F)F.O=C([C@@H]1C[C@H]1c1ccccn1)N1C[C@@H]2COC[C@]2(C(=O)O)C1. The molecule has 0 bridgehead atoms. The van der Waals surface area contributed by atoms with Crippen molar-refractivity contribution < 1.29 is 42.5 Å². The number of hydrogen-bond donors (Lipinski definition) is 2. The van der Waals surface area contributed by atoms with Crippen LogP contribution in [-0.2, 0) is 19.1 Å². The first-order valence-corrected chi connectivity index (χ1v) is 8.87. The quantitative estimate of drug-likeness (QED) is 0.765. The third kappa shape index (κ3) is 4.19. The highest BCUT2D eigenvalue weighted by molar-refractivity contribution is 5.85. The fourth-order valence-corrected chi connectivity index (χ4v) is 3.83. The fraction of sp³-hybridized carbons (Fsp3) is 0.556. The van der Waals surface area contributed by atoms with Gasteiger partial charge < -0.3 is 19.8 Å². The molecule has 3 aliphatic rings. The first-order valence-electron chi connectivity index (χ1n) is 8.87. The molecule has 29 heavy (non-hydrogen) atoms. The van der Waals surface area contributed by atoms with Gasteiger partial charge in [0.1, 0.15) is 5.41 Å². The number of nitrogens with zero attached hydrogens (tertiary/aromatic N) is 2. The van der Waals surface area contributed by atoms with Gasteiger partial charge in [-0.2, -0.15) is 13.2 Å². The molecule has 3 fully saturated rings. The van der Waals surface area contributed by atoms with E-state index in [0.717, 1.165) is 12.1 Å². The largest absolute Gasteiger partial charge is 0.490 e. The van der Waals surface area contributed by atoms with Gasteiger partial charge in [-0.15, -0.1) is 0 Å². The smallest absolute Gasteiger partial charge is 0.481 e. The number of carbonyl (C=O) groups is 3. The van der Waals surface area contributed by atoms with Crippen LogP contribution >= 0.6 is 0 Å². The van der Waals surface area contributed by atoms with Crippen LogP contribution in [0.1, 0.15) is 18.0 Å². The zero-order valence-electron chi connectivity index (χ0n) is 15.1. The van der Waals surface area contributed by atoms with E-state index in [-0.39, 0.29) is 36.8 Å². The molecule has 0 unspecified atom stereocenters. The molecule has 0 radical (unpaired) electrons. The molecule has 1 aromatic heterocycles. The summed E-state index contributed by atoms with van der Waals surface area (Å²) in [5.74, 6) is -3.46. The Morgan fingerprint density at radius 3 is 2.45 bits per heavy atom. The number of carboxylic acids is 2. The van der Waals surface area contributed by atoms with E-state index in [1.807, 2.05) is 18.2 Å². The monoisotopic (exact) mass is 416 g/mol. The molecule has 3 heterocycles. The highest BCUT2D eigenvalue weighted by Crippen LogP contribution is 2.50. The maximum Gasteiger partial charge on any atom is 0.490 e. The Bertz CT molecular complexity index is 803. The molecule has 11 heteroatoms. The number of halogens is 3. The summed E-state index contributed by atoms with van der Waals surface area (Å²) in [5, 5.41) is 16.7. The second-order valence-electron chi connectivity index (χ2n) is 7.40. The van der Waals surface area contributed by atoms with Crippen molar-refractivity contribution in [1.29, 1.82) is 0 Å². The first kappa shape index (κ1) is 21.0. The van der Waals surface area contributed by atoms with Gasteiger partial charge in [-0.3, -0.25) is 14.6 Å². The molecular formula is C18H19F3N2O6. The van der Waals surface area contributed by atoms with Gasteiger partial charge in [0.15, 0.2) is 0 Å². The van der Waals surface area contributed by atoms with E-state index in [1.54, 1.807) is 11.1 Å². The van der Waals surface area contributed by atoms with Crippen LogP contribution in [0.25, 0.3) is 0 Å². The number of likely N-dealkylation sites (tertiary alicyclic amines) is 1. The third-order valence-corrected chi connectivity index (χ3v) is 5.53. The van der Waals surface area contributed by atoms with Crippen LogP contribution in [0.3, 0.4) is 0 Å². The standard InChI is InChI=1S/C16H18N2O4.C2HF3O2/c19-14(12-5-11(12)13-3-1-2-4-17-13)18-6-10-7-22-9-16(10,8-18)15(20)21;3-2(4,5)1(6)7/h1-4,10-12H,5-9H2,(H,20,21);(H,6,7)/t10-,11-,12-,16-;/m1./s1. The van der Waals surface area contributed by atoms with E-state index in [4.69, 9.17) is 14.6 Å². The summed E-state index contributed by atoms with van der Waals surface area (Å²) in [6, 6.07) is 5.74. The summed E-state index contributed by atoms with van der Waals surface area (Å²) >= 11 is 0. The summed E-state index contributed by atoms with van der Waals surface area (Å²) in [7, 11) is 0. The van der Waals surface area contributed by atoms with Crippen molar-refractivity contribution in [1.82, 2.24) is 9.88 Å². The number of pyridine rings is 1. The van der Waals surface area contributed by atoms with Gasteiger partial charge >= 0.3 is 18.1 Å². The number of amides is 1. The van der Waals surface area contributed by atoms with E-state index >= 15 is 0 Å². The number of hydrogen-bond acceptors (Lipinski definition) is 5. The molecule has 4 rings (SSSR count). The number of carbonyl (C=O) groups excluding carboxylic acids is 1. The van der Waals surface area contributed by atoms with E-state index in [9.17, 15) is 27.9 Å².